The van der Waals surface area contributed by atoms with Gasteiger partial charge >= 0.3 is 0 Å². The van der Waals surface area contributed by atoms with Gasteiger partial charge in [-0.25, -0.2) is 0 Å². The molecule has 0 aliphatic heterocycles. The molecule has 6 heteroatoms. The summed E-state index contributed by atoms with van der Waals surface area (Å²) >= 11 is 0. The average Bonchev–Trinajstić information content (AvgIpc) is 2.86. The highest BCUT2D eigenvalue weighted by atomic mass is 35.5. The molecule has 110 valence electrons. The predicted octanol–water partition coefficient (Wildman–Crippen LogP) is 2.34. The standard InChI is InChI=1S/C13H23N3O2.ClH/c1-5-10(6-2)11-7-12(18-16-11)13(17)15-8-9(3)14-4;/h7,9-10,14H,5-6,8H2,1-4H3,(H,15,17);1H. The molecule has 19 heavy (non-hydrogen) atoms. The molecular formula is C13H24ClN3O2. The van der Waals surface area contributed by atoms with Gasteiger partial charge in [-0.1, -0.05) is 19.0 Å². The first-order chi connectivity index (χ1) is 8.62. The maximum Gasteiger partial charge on any atom is 0.289 e. The molecule has 5 nitrogen and oxygen atoms in total. The third-order valence-electron chi connectivity index (χ3n) is 3.22. The van der Waals surface area contributed by atoms with E-state index in [-0.39, 0.29) is 24.4 Å². The SMILES string of the molecule is CCC(CC)c1cc(C(=O)NCC(C)NC)on1.Cl. The Labute approximate surface area is 120 Å². The average molecular weight is 290 g/mol. The molecule has 1 atom stereocenters. The normalized spacial score (nSPS) is 12.1. The number of rotatable bonds is 7. The number of halogens is 1. The Bertz CT molecular complexity index is 378. The van der Waals surface area contributed by atoms with Crippen molar-refractivity contribution in [3.05, 3.63) is 17.5 Å². The first-order valence-electron chi connectivity index (χ1n) is 6.54. The van der Waals surface area contributed by atoms with Gasteiger partial charge in [0.2, 0.25) is 5.76 Å². The van der Waals surface area contributed by atoms with Gasteiger partial charge in [0.25, 0.3) is 5.91 Å². The number of aromatic nitrogens is 1. The number of hydrogen-bond donors (Lipinski definition) is 2. The van der Waals surface area contributed by atoms with Gasteiger partial charge in [0.05, 0.1) is 5.69 Å². The minimum absolute atomic E-state index is 0. The van der Waals surface area contributed by atoms with Crippen LogP contribution in [0.2, 0.25) is 0 Å². The molecule has 0 aliphatic carbocycles. The highest BCUT2D eigenvalue weighted by Gasteiger charge is 2.17. The highest BCUT2D eigenvalue weighted by Crippen LogP contribution is 2.22. The van der Waals surface area contributed by atoms with Crippen LogP contribution in [-0.4, -0.2) is 30.7 Å². The van der Waals surface area contributed by atoms with Crippen LogP contribution >= 0.6 is 12.4 Å². The van der Waals surface area contributed by atoms with Gasteiger partial charge in [0.15, 0.2) is 0 Å². The lowest BCUT2D eigenvalue weighted by Gasteiger charge is -2.09. The summed E-state index contributed by atoms with van der Waals surface area (Å²) in [5.74, 6) is 0.452. The summed E-state index contributed by atoms with van der Waals surface area (Å²) < 4.78 is 5.09. The van der Waals surface area contributed by atoms with Crippen LogP contribution in [0.3, 0.4) is 0 Å². The van der Waals surface area contributed by atoms with Gasteiger partial charge in [-0.15, -0.1) is 12.4 Å². The van der Waals surface area contributed by atoms with Crippen LogP contribution < -0.4 is 10.6 Å². The highest BCUT2D eigenvalue weighted by molar-refractivity contribution is 5.91. The zero-order valence-corrected chi connectivity index (χ0v) is 12.8. The lowest BCUT2D eigenvalue weighted by molar-refractivity contribution is 0.0913. The van der Waals surface area contributed by atoms with Gasteiger partial charge in [-0.2, -0.15) is 0 Å². The summed E-state index contributed by atoms with van der Waals surface area (Å²) in [5, 5.41) is 9.83. The Morgan fingerprint density at radius 1 is 1.42 bits per heavy atom. The Morgan fingerprint density at radius 2 is 2.05 bits per heavy atom. The van der Waals surface area contributed by atoms with E-state index in [1.54, 1.807) is 6.07 Å². The van der Waals surface area contributed by atoms with Crippen LogP contribution in [0.15, 0.2) is 10.6 Å². The maximum absolute atomic E-state index is 11.8. The zero-order valence-electron chi connectivity index (χ0n) is 12.0. The fourth-order valence-corrected chi connectivity index (χ4v) is 1.73. The van der Waals surface area contributed by atoms with Crippen molar-refractivity contribution in [1.82, 2.24) is 15.8 Å². The van der Waals surface area contributed by atoms with E-state index in [0.29, 0.717) is 18.2 Å². The molecule has 1 rings (SSSR count). The number of hydrogen-bond acceptors (Lipinski definition) is 4. The third-order valence-corrected chi connectivity index (χ3v) is 3.22. The quantitative estimate of drug-likeness (QED) is 0.808. The zero-order chi connectivity index (χ0) is 13.5. The lowest BCUT2D eigenvalue weighted by Crippen LogP contribution is -2.37. The van der Waals surface area contributed by atoms with Gasteiger partial charge in [0, 0.05) is 24.6 Å². The summed E-state index contributed by atoms with van der Waals surface area (Å²) in [5.41, 5.74) is 0.867. The third kappa shape index (κ3) is 5.20. The van der Waals surface area contributed by atoms with E-state index in [9.17, 15) is 4.79 Å². The van der Waals surface area contributed by atoms with Crippen molar-refractivity contribution in [3.8, 4) is 0 Å². The first kappa shape index (κ1) is 17.9. The Morgan fingerprint density at radius 3 is 2.58 bits per heavy atom. The van der Waals surface area contributed by atoms with Crippen LogP contribution in [0.4, 0.5) is 0 Å². The fourth-order valence-electron chi connectivity index (χ4n) is 1.73. The molecule has 0 saturated heterocycles. The van der Waals surface area contributed by atoms with Crippen molar-refractivity contribution >= 4 is 18.3 Å². The smallest absolute Gasteiger partial charge is 0.289 e. The number of carbonyl (C=O) groups excluding carboxylic acids is 1. The molecule has 0 aromatic carbocycles. The molecule has 1 aromatic heterocycles. The Hall–Kier alpha value is -1.07. The van der Waals surface area contributed by atoms with Crippen molar-refractivity contribution in [2.75, 3.05) is 13.6 Å². The number of amides is 1. The second kappa shape index (κ2) is 8.93. The second-order valence-electron chi connectivity index (χ2n) is 4.53. The van der Waals surface area contributed by atoms with Crippen molar-refractivity contribution in [1.29, 1.82) is 0 Å². The summed E-state index contributed by atoms with van der Waals surface area (Å²) in [6.45, 7) is 6.78. The summed E-state index contributed by atoms with van der Waals surface area (Å²) in [6.07, 6.45) is 2.00. The van der Waals surface area contributed by atoms with Crippen molar-refractivity contribution < 1.29 is 9.32 Å². The van der Waals surface area contributed by atoms with Crippen LogP contribution in [0, 0.1) is 0 Å². The van der Waals surface area contributed by atoms with Crippen LogP contribution in [-0.2, 0) is 0 Å². The molecule has 1 amide bonds. The minimum Gasteiger partial charge on any atom is -0.351 e. The van der Waals surface area contributed by atoms with E-state index >= 15 is 0 Å². The molecular weight excluding hydrogens is 266 g/mol. The molecule has 1 unspecified atom stereocenters. The summed E-state index contributed by atoms with van der Waals surface area (Å²) in [4.78, 5) is 11.8. The molecule has 1 heterocycles. The van der Waals surface area contributed by atoms with Crippen LogP contribution in [0.25, 0.3) is 0 Å². The lowest BCUT2D eigenvalue weighted by atomic mass is 9.99. The topological polar surface area (TPSA) is 67.2 Å². The van der Waals surface area contributed by atoms with E-state index in [1.165, 1.54) is 0 Å². The molecule has 0 radical (unpaired) electrons. The fraction of sp³-hybridized carbons (Fsp3) is 0.692. The van der Waals surface area contributed by atoms with Crippen molar-refractivity contribution in [2.24, 2.45) is 0 Å². The number of likely N-dealkylation sites (N-methyl/N-ethyl adjacent to an activating group) is 1. The second-order valence-corrected chi connectivity index (χ2v) is 4.53. The number of carbonyl (C=O) groups is 1. The van der Waals surface area contributed by atoms with E-state index in [4.69, 9.17) is 4.52 Å². The van der Waals surface area contributed by atoms with Gasteiger partial charge in [-0.3, -0.25) is 4.79 Å². The molecule has 0 aliphatic rings. The molecule has 2 N–H and O–H groups in total. The Kier molecular flexibility index (Phi) is 8.43. The minimum atomic E-state index is -0.207. The monoisotopic (exact) mass is 289 g/mol. The number of nitrogens with one attached hydrogen (secondary N) is 2. The van der Waals surface area contributed by atoms with E-state index in [2.05, 4.69) is 29.6 Å². The van der Waals surface area contributed by atoms with Crippen LogP contribution in [0.5, 0.6) is 0 Å². The van der Waals surface area contributed by atoms with Gasteiger partial charge in [0.1, 0.15) is 0 Å². The maximum atomic E-state index is 11.8. The largest absolute Gasteiger partial charge is 0.351 e. The Balaban J connectivity index is 0.00000324. The predicted molar refractivity (Wildman–Crippen MR) is 77.9 cm³/mol. The molecule has 0 bridgehead atoms. The van der Waals surface area contributed by atoms with E-state index < -0.39 is 0 Å². The molecule has 0 saturated carbocycles. The van der Waals surface area contributed by atoms with Crippen molar-refractivity contribution in [2.45, 2.75) is 45.6 Å². The summed E-state index contributed by atoms with van der Waals surface area (Å²) in [7, 11) is 1.86. The van der Waals surface area contributed by atoms with Crippen molar-refractivity contribution in [3.63, 3.8) is 0 Å². The number of nitrogens with zero attached hydrogens (tertiary/aromatic N) is 1. The van der Waals surface area contributed by atoms with E-state index in [1.807, 2.05) is 14.0 Å². The van der Waals surface area contributed by atoms with Gasteiger partial charge < -0.3 is 15.2 Å². The molecule has 0 fully saturated rings. The summed E-state index contributed by atoms with van der Waals surface area (Å²) in [6, 6.07) is 1.98. The molecule has 1 aromatic rings. The molecule has 0 spiro atoms. The van der Waals surface area contributed by atoms with Crippen LogP contribution in [0.1, 0.15) is 55.8 Å². The van der Waals surface area contributed by atoms with Gasteiger partial charge in [-0.05, 0) is 26.8 Å². The first-order valence-corrected chi connectivity index (χ1v) is 6.54. The van der Waals surface area contributed by atoms with E-state index in [0.717, 1.165) is 18.5 Å².